The van der Waals surface area contributed by atoms with Gasteiger partial charge in [0, 0.05) is 30.7 Å². The average Bonchev–Trinajstić information content (AvgIpc) is 2.39. The van der Waals surface area contributed by atoms with E-state index in [1.165, 1.54) is 0 Å². The average molecular weight is 326 g/mol. The lowest BCUT2D eigenvalue weighted by molar-refractivity contribution is -0.123. The van der Waals surface area contributed by atoms with Crippen LogP contribution in [0.4, 0.5) is 0 Å². The molecule has 0 unspecified atom stereocenters. The third-order valence-corrected chi connectivity index (χ3v) is 3.80. The Kier molecular flexibility index (Phi) is 5.36. The van der Waals surface area contributed by atoms with Gasteiger partial charge in [0.25, 0.3) is 0 Å². The Bertz CT molecular complexity index is 432. The Morgan fingerprint density at radius 2 is 2.21 bits per heavy atom. The van der Waals surface area contributed by atoms with E-state index in [0.717, 1.165) is 36.2 Å². The van der Waals surface area contributed by atoms with Crippen LogP contribution in [0.5, 0.6) is 0 Å². The van der Waals surface area contributed by atoms with Crippen LogP contribution >= 0.6 is 15.9 Å². The summed E-state index contributed by atoms with van der Waals surface area (Å²) in [7, 11) is 0. The van der Waals surface area contributed by atoms with E-state index in [0.29, 0.717) is 6.54 Å². The molecule has 5 heteroatoms. The minimum atomic E-state index is 0.0351. The van der Waals surface area contributed by atoms with E-state index in [2.05, 4.69) is 31.5 Å². The van der Waals surface area contributed by atoms with Gasteiger partial charge in [0.1, 0.15) is 0 Å². The third kappa shape index (κ3) is 4.60. The molecule has 1 heterocycles. The van der Waals surface area contributed by atoms with Crippen molar-refractivity contribution in [3.63, 3.8) is 0 Å². The van der Waals surface area contributed by atoms with Crippen LogP contribution in [-0.2, 0) is 4.79 Å². The smallest absolute Gasteiger partial charge is 0.234 e. The van der Waals surface area contributed by atoms with Gasteiger partial charge >= 0.3 is 0 Å². The van der Waals surface area contributed by atoms with Crippen molar-refractivity contribution < 1.29 is 4.79 Å². The fraction of sp³-hybridized carbons (Fsp3) is 0.500. The van der Waals surface area contributed by atoms with Crippen molar-refractivity contribution in [1.82, 2.24) is 15.5 Å². The van der Waals surface area contributed by atoms with E-state index in [-0.39, 0.29) is 11.9 Å². The topological polar surface area (TPSA) is 44.4 Å². The van der Waals surface area contributed by atoms with Gasteiger partial charge in [-0.1, -0.05) is 28.1 Å². The summed E-state index contributed by atoms with van der Waals surface area (Å²) in [6.45, 7) is 6.32. The van der Waals surface area contributed by atoms with Gasteiger partial charge in [-0.3, -0.25) is 9.69 Å². The quantitative estimate of drug-likeness (QED) is 0.882. The number of halogens is 1. The molecular formula is C14H20BrN3O. The second kappa shape index (κ2) is 7.03. The highest BCUT2D eigenvalue weighted by Crippen LogP contribution is 2.17. The van der Waals surface area contributed by atoms with E-state index >= 15 is 0 Å². The lowest BCUT2D eigenvalue weighted by Gasteiger charge is -2.27. The number of benzene rings is 1. The number of nitrogens with one attached hydrogen (secondary N) is 2. The standard InChI is InChI=1S/C14H20BrN3O/c1-11(12-3-2-4-13(15)9-12)17-14(19)10-18-7-5-16-6-8-18/h2-4,9,11,16H,5-8,10H2,1H3,(H,17,19)/t11-/m1/s1. The molecule has 0 radical (unpaired) electrons. The molecule has 2 N–H and O–H groups in total. The molecule has 0 aliphatic carbocycles. The lowest BCUT2D eigenvalue weighted by Crippen LogP contribution is -2.47. The maximum absolute atomic E-state index is 12.0. The van der Waals surface area contributed by atoms with Crippen molar-refractivity contribution in [2.24, 2.45) is 0 Å². The van der Waals surface area contributed by atoms with Crippen molar-refractivity contribution in [1.29, 1.82) is 0 Å². The van der Waals surface area contributed by atoms with Gasteiger partial charge in [0.2, 0.25) is 5.91 Å². The maximum atomic E-state index is 12.0. The Labute approximate surface area is 122 Å². The molecule has 1 aromatic rings. The summed E-state index contributed by atoms with van der Waals surface area (Å²) in [6, 6.07) is 8.07. The minimum absolute atomic E-state index is 0.0351. The normalized spacial score (nSPS) is 18.0. The van der Waals surface area contributed by atoms with Crippen LogP contribution in [0.15, 0.2) is 28.7 Å². The highest BCUT2D eigenvalue weighted by atomic mass is 79.9. The second-order valence-electron chi connectivity index (χ2n) is 4.87. The molecule has 1 fully saturated rings. The van der Waals surface area contributed by atoms with E-state index < -0.39 is 0 Å². The molecule has 104 valence electrons. The first-order chi connectivity index (χ1) is 9.15. The predicted molar refractivity (Wildman–Crippen MR) is 80.0 cm³/mol. The Balaban J connectivity index is 1.84. The van der Waals surface area contributed by atoms with Crippen molar-refractivity contribution in [3.8, 4) is 0 Å². The molecule has 1 atom stereocenters. The molecule has 1 amide bonds. The predicted octanol–water partition coefficient (Wildman–Crippen LogP) is 1.53. The van der Waals surface area contributed by atoms with Gasteiger partial charge in [-0.25, -0.2) is 0 Å². The van der Waals surface area contributed by atoms with Crippen LogP contribution < -0.4 is 10.6 Å². The number of rotatable bonds is 4. The van der Waals surface area contributed by atoms with Crippen LogP contribution in [0.2, 0.25) is 0 Å². The van der Waals surface area contributed by atoms with Crippen molar-refractivity contribution in [2.45, 2.75) is 13.0 Å². The molecule has 0 aromatic heterocycles. The lowest BCUT2D eigenvalue weighted by atomic mass is 10.1. The number of hydrogen-bond acceptors (Lipinski definition) is 3. The number of hydrogen-bond donors (Lipinski definition) is 2. The van der Waals surface area contributed by atoms with E-state index in [4.69, 9.17) is 0 Å². The first-order valence-corrected chi connectivity index (χ1v) is 7.42. The first kappa shape index (κ1) is 14.5. The molecule has 1 saturated heterocycles. The summed E-state index contributed by atoms with van der Waals surface area (Å²) >= 11 is 3.45. The van der Waals surface area contributed by atoms with E-state index in [1.807, 2.05) is 31.2 Å². The van der Waals surface area contributed by atoms with Crippen molar-refractivity contribution in [2.75, 3.05) is 32.7 Å². The zero-order valence-electron chi connectivity index (χ0n) is 11.2. The summed E-state index contributed by atoms with van der Waals surface area (Å²) in [4.78, 5) is 14.2. The first-order valence-electron chi connectivity index (χ1n) is 6.63. The molecule has 1 aliphatic rings. The SMILES string of the molecule is C[C@@H](NC(=O)CN1CCNCC1)c1cccc(Br)c1. The largest absolute Gasteiger partial charge is 0.348 e. The number of nitrogens with zero attached hydrogens (tertiary/aromatic N) is 1. The number of carbonyl (C=O) groups is 1. The molecule has 1 aromatic carbocycles. The molecule has 2 rings (SSSR count). The van der Waals surface area contributed by atoms with Gasteiger partial charge in [-0.2, -0.15) is 0 Å². The van der Waals surface area contributed by atoms with Crippen LogP contribution in [0.25, 0.3) is 0 Å². The molecule has 19 heavy (non-hydrogen) atoms. The number of carbonyl (C=O) groups excluding carboxylic acids is 1. The highest BCUT2D eigenvalue weighted by molar-refractivity contribution is 9.10. The van der Waals surface area contributed by atoms with Crippen molar-refractivity contribution >= 4 is 21.8 Å². The third-order valence-electron chi connectivity index (χ3n) is 3.30. The fourth-order valence-electron chi connectivity index (χ4n) is 2.22. The Morgan fingerprint density at radius 3 is 2.89 bits per heavy atom. The molecule has 0 saturated carbocycles. The van der Waals surface area contributed by atoms with Gasteiger partial charge in [-0.15, -0.1) is 0 Å². The number of piperazine rings is 1. The van der Waals surface area contributed by atoms with Gasteiger partial charge < -0.3 is 10.6 Å². The van der Waals surface area contributed by atoms with Gasteiger partial charge in [0.15, 0.2) is 0 Å². The van der Waals surface area contributed by atoms with E-state index in [1.54, 1.807) is 0 Å². The summed E-state index contributed by atoms with van der Waals surface area (Å²) in [5.41, 5.74) is 1.11. The van der Waals surface area contributed by atoms with Crippen LogP contribution in [0.3, 0.4) is 0 Å². The summed E-state index contributed by atoms with van der Waals surface area (Å²) in [5, 5.41) is 6.33. The molecule has 0 spiro atoms. The van der Waals surface area contributed by atoms with Crippen LogP contribution in [-0.4, -0.2) is 43.5 Å². The highest BCUT2D eigenvalue weighted by Gasteiger charge is 2.15. The second-order valence-corrected chi connectivity index (χ2v) is 5.79. The minimum Gasteiger partial charge on any atom is -0.348 e. The zero-order chi connectivity index (χ0) is 13.7. The fourth-order valence-corrected chi connectivity index (χ4v) is 2.64. The monoisotopic (exact) mass is 325 g/mol. The zero-order valence-corrected chi connectivity index (χ0v) is 12.7. The van der Waals surface area contributed by atoms with Crippen LogP contribution in [0.1, 0.15) is 18.5 Å². The molecule has 0 bridgehead atoms. The number of amides is 1. The summed E-state index contributed by atoms with van der Waals surface area (Å²) in [6.07, 6.45) is 0. The summed E-state index contributed by atoms with van der Waals surface area (Å²) in [5.74, 6) is 0.0920. The van der Waals surface area contributed by atoms with Crippen molar-refractivity contribution in [3.05, 3.63) is 34.3 Å². The summed E-state index contributed by atoms with van der Waals surface area (Å²) < 4.78 is 1.04. The Hall–Kier alpha value is -0.910. The molecule has 1 aliphatic heterocycles. The van der Waals surface area contributed by atoms with E-state index in [9.17, 15) is 4.79 Å². The maximum Gasteiger partial charge on any atom is 0.234 e. The molecule has 4 nitrogen and oxygen atoms in total. The molecular weight excluding hydrogens is 306 g/mol. The van der Waals surface area contributed by atoms with Gasteiger partial charge in [0.05, 0.1) is 12.6 Å². The Morgan fingerprint density at radius 1 is 1.47 bits per heavy atom. The van der Waals surface area contributed by atoms with Crippen LogP contribution in [0, 0.1) is 0 Å². The van der Waals surface area contributed by atoms with Gasteiger partial charge in [-0.05, 0) is 24.6 Å².